The number of carbonyl (C=O) groups is 1. The van der Waals surface area contributed by atoms with E-state index < -0.39 is 0 Å². The molecular formula is C10H7NOS. The van der Waals surface area contributed by atoms with Crippen molar-refractivity contribution in [3.05, 3.63) is 46.7 Å². The molecule has 0 aliphatic heterocycles. The van der Waals surface area contributed by atoms with Crippen molar-refractivity contribution in [2.45, 2.75) is 0 Å². The molecule has 2 nitrogen and oxygen atoms in total. The van der Waals surface area contributed by atoms with E-state index in [1.165, 1.54) is 23.5 Å². The zero-order valence-corrected chi connectivity index (χ0v) is 7.67. The van der Waals surface area contributed by atoms with E-state index in [0.717, 1.165) is 0 Å². The molecule has 0 bridgehead atoms. The van der Waals surface area contributed by atoms with Gasteiger partial charge < -0.3 is 0 Å². The molecule has 0 radical (unpaired) electrons. The third-order valence-electron chi connectivity index (χ3n) is 1.39. The summed E-state index contributed by atoms with van der Waals surface area (Å²) in [6.45, 7) is 3.44. The van der Waals surface area contributed by atoms with Crippen LogP contribution in [0.4, 0.5) is 0 Å². The molecule has 3 heteroatoms. The Morgan fingerprint density at radius 3 is 2.92 bits per heavy atom. The Kier molecular flexibility index (Phi) is 3.18. The van der Waals surface area contributed by atoms with Gasteiger partial charge in [-0.3, -0.25) is 4.79 Å². The van der Waals surface area contributed by atoms with E-state index in [1.54, 1.807) is 17.5 Å². The van der Waals surface area contributed by atoms with Crippen LogP contribution >= 0.6 is 11.3 Å². The lowest BCUT2D eigenvalue weighted by Gasteiger charge is -1.91. The van der Waals surface area contributed by atoms with Crippen LogP contribution in [0.25, 0.3) is 0 Å². The Morgan fingerprint density at radius 2 is 2.46 bits per heavy atom. The molecule has 1 heterocycles. The molecule has 0 aliphatic rings. The number of allylic oxidation sites excluding steroid dienone is 3. The number of ketones is 1. The minimum atomic E-state index is -0.239. The Hall–Kier alpha value is -1.66. The average Bonchev–Trinajstić information content (AvgIpc) is 2.65. The summed E-state index contributed by atoms with van der Waals surface area (Å²) in [5.74, 6) is -0.239. The van der Waals surface area contributed by atoms with Gasteiger partial charge in [0.2, 0.25) is 5.78 Å². The molecule has 0 aromatic carbocycles. The lowest BCUT2D eigenvalue weighted by atomic mass is 10.1. The van der Waals surface area contributed by atoms with Crippen molar-refractivity contribution < 1.29 is 4.79 Å². The van der Waals surface area contributed by atoms with Gasteiger partial charge in [-0.15, -0.1) is 11.3 Å². The summed E-state index contributed by atoms with van der Waals surface area (Å²) in [6, 6.07) is 5.31. The zero-order chi connectivity index (χ0) is 9.68. The van der Waals surface area contributed by atoms with Gasteiger partial charge in [-0.1, -0.05) is 18.7 Å². The largest absolute Gasteiger partial charge is 0.287 e. The molecule has 1 aromatic heterocycles. The van der Waals surface area contributed by atoms with E-state index in [4.69, 9.17) is 5.26 Å². The van der Waals surface area contributed by atoms with Crippen LogP contribution in [0, 0.1) is 11.3 Å². The number of nitriles is 1. The van der Waals surface area contributed by atoms with Gasteiger partial charge in [0.25, 0.3) is 0 Å². The fourth-order valence-electron chi connectivity index (χ4n) is 0.822. The van der Waals surface area contributed by atoms with Crippen LogP contribution in [0.3, 0.4) is 0 Å². The van der Waals surface area contributed by atoms with Crippen molar-refractivity contribution in [3.63, 3.8) is 0 Å². The molecule has 0 spiro atoms. The maximum atomic E-state index is 11.5. The smallest absolute Gasteiger partial charge is 0.213 e. The molecular weight excluding hydrogens is 182 g/mol. The second-order valence-corrected chi connectivity index (χ2v) is 3.18. The van der Waals surface area contributed by atoms with Crippen LogP contribution in [-0.2, 0) is 0 Å². The Morgan fingerprint density at radius 1 is 1.69 bits per heavy atom. The van der Waals surface area contributed by atoms with E-state index in [1.807, 2.05) is 6.07 Å². The summed E-state index contributed by atoms with van der Waals surface area (Å²) in [4.78, 5) is 12.1. The number of Topliss-reactive ketones (excluding diaryl/α,β-unsaturated/α-hetero) is 1. The standard InChI is InChI=1S/C10H7NOS/c1-2-4-8(7-11)10(12)9-5-3-6-13-9/h2-6H,1H2. The van der Waals surface area contributed by atoms with E-state index in [9.17, 15) is 4.79 Å². The third-order valence-corrected chi connectivity index (χ3v) is 2.26. The first-order valence-corrected chi connectivity index (χ1v) is 4.48. The maximum Gasteiger partial charge on any atom is 0.213 e. The number of rotatable bonds is 3. The summed E-state index contributed by atoms with van der Waals surface area (Å²) in [6.07, 6.45) is 2.85. The van der Waals surface area contributed by atoms with Gasteiger partial charge >= 0.3 is 0 Å². The van der Waals surface area contributed by atoms with Crippen molar-refractivity contribution in [3.8, 4) is 6.07 Å². The Balaban J connectivity index is 2.98. The maximum absolute atomic E-state index is 11.5. The molecule has 1 aromatic rings. The molecule has 0 saturated heterocycles. The van der Waals surface area contributed by atoms with Gasteiger partial charge in [-0.05, 0) is 17.5 Å². The first-order valence-electron chi connectivity index (χ1n) is 3.60. The fourth-order valence-corrected chi connectivity index (χ4v) is 1.50. The monoisotopic (exact) mass is 189 g/mol. The van der Waals surface area contributed by atoms with Gasteiger partial charge in [0.15, 0.2) is 0 Å². The highest BCUT2D eigenvalue weighted by Crippen LogP contribution is 2.13. The first kappa shape index (κ1) is 9.43. The minimum absolute atomic E-state index is 0.123. The molecule has 0 aliphatic carbocycles. The minimum Gasteiger partial charge on any atom is -0.287 e. The molecule has 0 saturated carbocycles. The SMILES string of the molecule is C=CC=C(C#N)C(=O)c1cccs1. The second-order valence-electron chi connectivity index (χ2n) is 2.23. The molecule has 0 amide bonds. The number of hydrogen-bond acceptors (Lipinski definition) is 3. The molecule has 0 fully saturated rings. The highest BCUT2D eigenvalue weighted by Gasteiger charge is 2.11. The van der Waals surface area contributed by atoms with Crippen molar-refractivity contribution in [2.24, 2.45) is 0 Å². The van der Waals surface area contributed by atoms with Crippen molar-refractivity contribution in [1.82, 2.24) is 0 Å². The van der Waals surface area contributed by atoms with E-state index in [2.05, 4.69) is 6.58 Å². The molecule has 0 atom stereocenters. The number of carbonyl (C=O) groups excluding carboxylic acids is 1. The van der Waals surface area contributed by atoms with Crippen LogP contribution in [0.1, 0.15) is 9.67 Å². The predicted molar refractivity (Wildman–Crippen MR) is 52.5 cm³/mol. The molecule has 1 rings (SSSR count). The summed E-state index contributed by atoms with van der Waals surface area (Å²) < 4.78 is 0. The van der Waals surface area contributed by atoms with Gasteiger partial charge in [-0.2, -0.15) is 5.26 Å². The van der Waals surface area contributed by atoms with Crippen molar-refractivity contribution >= 4 is 17.1 Å². The summed E-state index contributed by atoms with van der Waals surface area (Å²) >= 11 is 1.32. The van der Waals surface area contributed by atoms with Gasteiger partial charge in [0.05, 0.1) is 4.88 Å². The number of thiophene rings is 1. The van der Waals surface area contributed by atoms with Gasteiger partial charge in [0, 0.05) is 0 Å². The summed E-state index contributed by atoms with van der Waals surface area (Å²) in [5, 5.41) is 10.4. The predicted octanol–water partition coefficient (Wildman–Crippen LogP) is 2.57. The normalized spacial score (nSPS) is 10.5. The third kappa shape index (κ3) is 2.14. The first-order chi connectivity index (χ1) is 6.29. The van der Waals surface area contributed by atoms with Crippen molar-refractivity contribution in [1.29, 1.82) is 5.26 Å². The lowest BCUT2D eigenvalue weighted by Crippen LogP contribution is -1.98. The molecule has 0 N–H and O–H groups in total. The van der Waals surface area contributed by atoms with E-state index in [-0.39, 0.29) is 11.4 Å². The van der Waals surface area contributed by atoms with Gasteiger partial charge in [0.1, 0.15) is 11.6 Å². The molecule has 0 unspecified atom stereocenters. The van der Waals surface area contributed by atoms with Crippen molar-refractivity contribution in [2.75, 3.05) is 0 Å². The van der Waals surface area contributed by atoms with E-state index in [0.29, 0.717) is 4.88 Å². The summed E-state index contributed by atoms with van der Waals surface area (Å²) in [7, 11) is 0. The summed E-state index contributed by atoms with van der Waals surface area (Å²) in [5.41, 5.74) is 0.123. The highest BCUT2D eigenvalue weighted by atomic mass is 32.1. The fraction of sp³-hybridized carbons (Fsp3) is 0. The van der Waals surface area contributed by atoms with Crippen LogP contribution in [0.15, 0.2) is 41.8 Å². The topological polar surface area (TPSA) is 40.9 Å². The van der Waals surface area contributed by atoms with Gasteiger partial charge in [-0.25, -0.2) is 0 Å². The Labute approximate surface area is 80.4 Å². The average molecular weight is 189 g/mol. The lowest BCUT2D eigenvalue weighted by molar-refractivity contribution is 0.104. The van der Waals surface area contributed by atoms with Crippen LogP contribution < -0.4 is 0 Å². The number of nitrogens with zero attached hydrogens (tertiary/aromatic N) is 1. The van der Waals surface area contributed by atoms with Crippen LogP contribution in [0.2, 0.25) is 0 Å². The zero-order valence-electron chi connectivity index (χ0n) is 6.86. The van der Waals surface area contributed by atoms with Crippen LogP contribution in [0.5, 0.6) is 0 Å². The Bertz CT molecular complexity index is 382. The van der Waals surface area contributed by atoms with Crippen LogP contribution in [-0.4, -0.2) is 5.78 Å². The van der Waals surface area contributed by atoms with E-state index >= 15 is 0 Å². The molecule has 64 valence electrons. The molecule has 13 heavy (non-hydrogen) atoms. The quantitative estimate of drug-likeness (QED) is 0.317. The highest BCUT2D eigenvalue weighted by molar-refractivity contribution is 7.12. The number of hydrogen-bond donors (Lipinski definition) is 0. The second kappa shape index (κ2) is 4.39.